The monoisotopic (exact) mass is 316 g/mol. The summed E-state index contributed by atoms with van der Waals surface area (Å²) >= 11 is 0. The van der Waals surface area contributed by atoms with Crippen LogP contribution in [-0.4, -0.2) is 45.4 Å². The molecular formula is C16H20N4O3. The molecule has 0 radical (unpaired) electrons. The molecule has 1 aromatic carbocycles. The number of aromatic nitrogens is 2. The van der Waals surface area contributed by atoms with E-state index in [1.165, 1.54) is 22.5 Å². The van der Waals surface area contributed by atoms with Gasteiger partial charge in [0.1, 0.15) is 12.6 Å². The SMILES string of the molecule is O=[N+]([O-])c1ccnn1CC1CN(Cc2ccccc2)CCCO1. The van der Waals surface area contributed by atoms with Crippen LogP contribution in [0.5, 0.6) is 0 Å². The lowest BCUT2D eigenvalue weighted by Crippen LogP contribution is -2.34. The number of benzene rings is 1. The average Bonchev–Trinajstić information content (AvgIpc) is 2.89. The molecule has 122 valence electrons. The van der Waals surface area contributed by atoms with Crippen LogP contribution >= 0.6 is 0 Å². The number of rotatable bonds is 5. The van der Waals surface area contributed by atoms with Crippen LogP contribution in [0.4, 0.5) is 5.82 Å². The molecule has 7 nitrogen and oxygen atoms in total. The first-order valence-corrected chi connectivity index (χ1v) is 7.76. The van der Waals surface area contributed by atoms with E-state index in [2.05, 4.69) is 22.1 Å². The normalized spacial score (nSPS) is 19.4. The van der Waals surface area contributed by atoms with Gasteiger partial charge in [0.05, 0.1) is 12.3 Å². The third kappa shape index (κ3) is 4.14. The van der Waals surface area contributed by atoms with Crippen LogP contribution in [0.25, 0.3) is 0 Å². The van der Waals surface area contributed by atoms with Crippen molar-refractivity contribution in [3.63, 3.8) is 0 Å². The Morgan fingerprint density at radius 3 is 2.91 bits per heavy atom. The Bertz CT molecular complexity index is 644. The predicted octanol–water partition coefficient (Wildman–Crippen LogP) is 2.08. The van der Waals surface area contributed by atoms with E-state index in [0.29, 0.717) is 13.2 Å². The second-order valence-electron chi connectivity index (χ2n) is 5.70. The minimum absolute atomic E-state index is 0.00690. The average molecular weight is 316 g/mol. The summed E-state index contributed by atoms with van der Waals surface area (Å²) in [6.45, 7) is 3.64. The van der Waals surface area contributed by atoms with E-state index in [-0.39, 0.29) is 11.9 Å². The topological polar surface area (TPSA) is 73.4 Å². The predicted molar refractivity (Wildman–Crippen MR) is 85.0 cm³/mol. The van der Waals surface area contributed by atoms with Crippen molar-refractivity contribution in [3.8, 4) is 0 Å². The maximum Gasteiger partial charge on any atom is 0.344 e. The van der Waals surface area contributed by atoms with Crippen molar-refractivity contribution in [1.82, 2.24) is 14.7 Å². The molecule has 1 unspecified atom stereocenters. The van der Waals surface area contributed by atoms with Gasteiger partial charge >= 0.3 is 5.82 Å². The Morgan fingerprint density at radius 1 is 1.30 bits per heavy atom. The van der Waals surface area contributed by atoms with Gasteiger partial charge < -0.3 is 14.9 Å². The number of nitrogens with zero attached hydrogens (tertiary/aromatic N) is 4. The zero-order valence-electron chi connectivity index (χ0n) is 12.9. The highest BCUT2D eigenvalue weighted by Crippen LogP contribution is 2.15. The lowest BCUT2D eigenvalue weighted by molar-refractivity contribution is -0.393. The fourth-order valence-corrected chi connectivity index (χ4v) is 2.88. The summed E-state index contributed by atoms with van der Waals surface area (Å²) in [6, 6.07) is 11.7. The lowest BCUT2D eigenvalue weighted by atomic mass is 10.2. The van der Waals surface area contributed by atoms with E-state index in [4.69, 9.17) is 4.74 Å². The molecule has 7 heteroatoms. The Balaban J connectivity index is 1.65. The van der Waals surface area contributed by atoms with Gasteiger partial charge in [0.2, 0.25) is 0 Å². The third-order valence-corrected chi connectivity index (χ3v) is 3.94. The zero-order chi connectivity index (χ0) is 16.1. The van der Waals surface area contributed by atoms with Crippen LogP contribution in [0, 0.1) is 10.1 Å². The Kier molecular flexibility index (Phi) is 4.99. The minimum atomic E-state index is -0.411. The van der Waals surface area contributed by atoms with E-state index >= 15 is 0 Å². The van der Waals surface area contributed by atoms with Crippen LogP contribution in [0.3, 0.4) is 0 Å². The summed E-state index contributed by atoms with van der Waals surface area (Å²) in [5.74, 6) is 0.00690. The Labute approximate surface area is 134 Å². The van der Waals surface area contributed by atoms with Crippen molar-refractivity contribution in [2.24, 2.45) is 0 Å². The van der Waals surface area contributed by atoms with Gasteiger partial charge in [-0.25, -0.2) is 0 Å². The van der Waals surface area contributed by atoms with Gasteiger partial charge in [0.15, 0.2) is 0 Å². The maximum atomic E-state index is 11.0. The highest BCUT2D eigenvalue weighted by Gasteiger charge is 2.24. The molecule has 2 heterocycles. The zero-order valence-corrected chi connectivity index (χ0v) is 12.9. The summed E-state index contributed by atoms with van der Waals surface area (Å²) in [5, 5.41) is 15.0. The van der Waals surface area contributed by atoms with Crippen molar-refractivity contribution in [3.05, 3.63) is 58.3 Å². The van der Waals surface area contributed by atoms with Crippen LogP contribution in [0.1, 0.15) is 12.0 Å². The van der Waals surface area contributed by atoms with E-state index in [0.717, 1.165) is 26.1 Å². The van der Waals surface area contributed by atoms with Gasteiger partial charge in [-0.05, 0) is 16.9 Å². The molecule has 1 saturated heterocycles. The summed E-state index contributed by atoms with van der Waals surface area (Å²) in [7, 11) is 0. The third-order valence-electron chi connectivity index (χ3n) is 3.94. The molecule has 0 spiro atoms. The molecule has 0 saturated carbocycles. The van der Waals surface area contributed by atoms with Crippen molar-refractivity contribution in [2.45, 2.75) is 25.6 Å². The molecule has 0 aliphatic carbocycles. The van der Waals surface area contributed by atoms with E-state index in [9.17, 15) is 10.1 Å². The lowest BCUT2D eigenvalue weighted by Gasteiger charge is -2.22. The summed E-state index contributed by atoms with van der Waals surface area (Å²) in [5.41, 5.74) is 1.26. The molecule has 3 rings (SSSR count). The first-order chi connectivity index (χ1) is 11.2. The van der Waals surface area contributed by atoms with Gasteiger partial charge in [-0.2, -0.15) is 0 Å². The summed E-state index contributed by atoms with van der Waals surface area (Å²) in [4.78, 5) is 12.9. The molecule has 1 aliphatic heterocycles. The van der Waals surface area contributed by atoms with Crippen LogP contribution in [-0.2, 0) is 17.8 Å². The molecular weight excluding hydrogens is 296 g/mol. The van der Waals surface area contributed by atoms with Crippen molar-refractivity contribution >= 4 is 5.82 Å². The molecule has 1 aromatic heterocycles. The van der Waals surface area contributed by atoms with Gasteiger partial charge in [-0.15, -0.1) is 4.68 Å². The molecule has 1 fully saturated rings. The van der Waals surface area contributed by atoms with Crippen molar-refractivity contribution in [2.75, 3.05) is 19.7 Å². The van der Waals surface area contributed by atoms with Crippen LogP contribution in [0.2, 0.25) is 0 Å². The van der Waals surface area contributed by atoms with Crippen LogP contribution < -0.4 is 0 Å². The number of nitro groups is 1. The molecule has 2 aromatic rings. The van der Waals surface area contributed by atoms with E-state index < -0.39 is 4.92 Å². The highest BCUT2D eigenvalue weighted by atomic mass is 16.6. The van der Waals surface area contributed by atoms with Gasteiger partial charge in [0, 0.05) is 26.2 Å². The Hall–Kier alpha value is -2.25. The van der Waals surface area contributed by atoms with Crippen molar-refractivity contribution in [1.29, 1.82) is 0 Å². The van der Waals surface area contributed by atoms with Gasteiger partial charge in [0.25, 0.3) is 0 Å². The first kappa shape index (κ1) is 15.6. The number of hydrogen-bond donors (Lipinski definition) is 0. The standard InChI is InChI=1S/C16H20N4O3/c21-20(22)16-7-8-17-19(16)13-15-12-18(9-4-10-23-15)11-14-5-2-1-3-6-14/h1-3,5-8,15H,4,9-13H2. The van der Waals surface area contributed by atoms with Crippen molar-refractivity contribution < 1.29 is 9.66 Å². The molecule has 0 N–H and O–H groups in total. The van der Waals surface area contributed by atoms with Gasteiger partial charge in [-0.3, -0.25) is 4.90 Å². The molecule has 1 atom stereocenters. The van der Waals surface area contributed by atoms with Gasteiger partial charge in [-0.1, -0.05) is 35.4 Å². The minimum Gasteiger partial charge on any atom is -0.373 e. The second kappa shape index (κ2) is 7.34. The molecule has 0 amide bonds. The quantitative estimate of drug-likeness (QED) is 0.624. The second-order valence-corrected chi connectivity index (χ2v) is 5.70. The van der Waals surface area contributed by atoms with Crippen LogP contribution in [0.15, 0.2) is 42.6 Å². The molecule has 1 aliphatic rings. The highest BCUT2D eigenvalue weighted by molar-refractivity contribution is 5.16. The van der Waals surface area contributed by atoms with E-state index in [1.807, 2.05) is 18.2 Å². The Morgan fingerprint density at radius 2 is 2.13 bits per heavy atom. The summed E-state index contributed by atoms with van der Waals surface area (Å²) in [6.07, 6.45) is 2.32. The van der Waals surface area contributed by atoms with E-state index in [1.54, 1.807) is 0 Å². The number of hydrogen-bond acceptors (Lipinski definition) is 5. The summed E-state index contributed by atoms with van der Waals surface area (Å²) < 4.78 is 7.27. The largest absolute Gasteiger partial charge is 0.373 e. The maximum absolute atomic E-state index is 11.0. The number of ether oxygens (including phenoxy) is 1. The molecule has 0 bridgehead atoms. The fraction of sp³-hybridized carbons (Fsp3) is 0.438. The fourth-order valence-electron chi connectivity index (χ4n) is 2.88. The molecule has 23 heavy (non-hydrogen) atoms. The smallest absolute Gasteiger partial charge is 0.344 e. The first-order valence-electron chi connectivity index (χ1n) is 7.76.